The molecule has 0 spiro atoms. The van der Waals surface area contributed by atoms with Crippen molar-refractivity contribution in [2.75, 3.05) is 25.0 Å². The zero-order valence-electron chi connectivity index (χ0n) is 13.4. The van der Waals surface area contributed by atoms with Crippen LogP contribution in [0.2, 0.25) is 0 Å². The van der Waals surface area contributed by atoms with Gasteiger partial charge in [0.15, 0.2) is 0 Å². The highest BCUT2D eigenvalue weighted by molar-refractivity contribution is 7.09. The number of furan rings is 1. The third-order valence-electron chi connectivity index (χ3n) is 3.90. The molecule has 1 saturated heterocycles. The van der Waals surface area contributed by atoms with Gasteiger partial charge in [0.1, 0.15) is 12.1 Å². The van der Waals surface area contributed by atoms with Gasteiger partial charge in [0.2, 0.25) is 5.13 Å². The quantitative estimate of drug-likeness (QED) is 0.921. The van der Waals surface area contributed by atoms with E-state index in [9.17, 15) is 4.79 Å². The Hall–Kier alpha value is -1.93. The fraction of sp³-hybridized carbons (Fsp3) is 0.533. The molecule has 8 heteroatoms. The van der Waals surface area contributed by atoms with Gasteiger partial charge in [0.25, 0.3) is 5.91 Å². The summed E-state index contributed by atoms with van der Waals surface area (Å²) in [4.78, 5) is 18.7. The monoisotopic (exact) mass is 336 g/mol. The molecule has 0 saturated carbocycles. The summed E-state index contributed by atoms with van der Waals surface area (Å²) in [5, 5.41) is 4.07. The van der Waals surface area contributed by atoms with Gasteiger partial charge in [-0.2, -0.15) is 4.37 Å². The molecule has 3 heterocycles. The third kappa shape index (κ3) is 3.53. The van der Waals surface area contributed by atoms with Crippen LogP contribution >= 0.6 is 11.5 Å². The molecule has 2 unspecified atom stereocenters. The van der Waals surface area contributed by atoms with E-state index in [4.69, 9.17) is 9.15 Å². The number of carbonyl (C=O) groups excluding carboxylic acids is 1. The van der Waals surface area contributed by atoms with Gasteiger partial charge in [-0.1, -0.05) is 0 Å². The number of anilines is 1. The molecule has 0 aromatic carbocycles. The molecule has 2 aromatic rings. The Balaban J connectivity index is 1.63. The first kappa shape index (κ1) is 15.9. The third-order valence-corrected chi connectivity index (χ3v) is 4.64. The number of aromatic nitrogens is 2. The number of aryl methyl sites for hydroxylation is 2. The van der Waals surface area contributed by atoms with E-state index >= 15 is 0 Å². The molecule has 0 radical (unpaired) electrons. The maximum atomic E-state index is 12.6. The van der Waals surface area contributed by atoms with E-state index in [1.807, 2.05) is 25.7 Å². The maximum Gasteiger partial charge on any atom is 0.257 e. The Labute approximate surface area is 138 Å². The van der Waals surface area contributed by atoms with Gasteiger partial charge in [0.05, 0.1) is 30.6 Å². The number of hydrogen-bond donors (Lipinski definition) is 1. The smallest absolute Gasteiger partial charge is 0.257 e. The summed E-state index contributed by atoms with van der Waals surface area (Å²) < 4.78 is 15.1. The standard InChI is InChI=1S/C15H20N4O3S/c1-9-7-21-8-12(9)14(20)19-4-5-22-13(6-19)10(2)16-15-17-11(3)18-23-15/h7-8,10,13H,4-6H2,1-3H3,(H,16,17,18). The zero-order valence-corrected chi connectivity index (χ0v) is 14.2. The lowest BCUT2D eigenvalue weighted by atomic mass is 10.1. The lowest BCUT2D eigenvalue weighted by Crippen LogP contribution is -2.51. The topological polar surface area (TPSA) is 80.5 Å². The van der Waals surface area contributed by atoms with E-state index in [-0.39, 0.29) is 18.1 Å². The van der Waals surface area contributed by atoms with Gasteiger partial charge in [-0.3, -0.25) is 4.79 Å². The van der Waals surface area contributed by atoms with Crippen LogP contribution in [0, 0.1) is 13.8 Å². The molecule has 23 heavy (non-hydrogen) atoms. The summed E-state index contributed by atoms with van der Waals surface area (Å²) in [7, 11) is 0. The second-order valence-electron chi connectivity index (χ2n) is 5.71. The van der Waals surface area contributed by atoms with Crippen LogP contribution in [-0.4, -0.2) is 52.0 Å². The highest BCUT2D eigenvalue weighted by atomic mass is 32.1. The molecule has 2 atom stereocenters. The second kappa shape index (κ2) is 6.67. The fourth-order valence-corrected chi connectivity index (χ4v) is 3.23. The maximum absolute atomic E-state index is 12.6. The van der Waals surface area contributed by atoms with Crippen LogP contribution in [-0.2, 0) is 4.74 Å². The summed E-state index contributed by atoms with van der Waals surface area (Å²) in [5.74, 6) is 0.741. The van der Waals surface area contributed by atoms with Crippen molar-refractivity contribution in [3.05, 3.63) is 29.5 Å². The van der Waals surface area contributed by atoms with Crippen molar-refractivity contribution in [3.8, 4) is 0 Å². The molecule has 7 nitrogen and oxygen atoms in total. The summed E-state index contributed by atoms with van der Waals surface area (Å²) in [6.45, 7) is 7.40. The number of nitrogens with one attached hydrogen (secondary N) is 1. The second-order valence-corrected chi connectivity index (χ2v) is 6.46. The minimum atomic E-state index is -0.0934. The Morgan fingerprint density at radius 1 is 1.48 bits per heavy atom. The summed E-state index contributed by atoms with van der Waals surface area (Å²) in [6.07, 6.45) is 3.00. The fourth-order valence-electron chi connectivity index (χ4n) is 2.56. The summed E-state index contributed by atoms with van der Waals surface area (Å²) in [6, 6.07) is 0.0309. The van der Waals surface area contributed by atoms with E-state index in [0.717, 1.165) is 16.5 Å². The molecule has 0 bridgehead atoms. The molecule has 1 amide bonds. The van der Waals surface area contributed by atoms with Crippen molar-refractivity contribution in [2.45, 2.75) is 32.9 Å². The largest absolute Gasteiger partial charge is 0.471 e. The van der Waals surface area contributed by atoms with Gasteiger partial charge in [-0.05, 0) is 26.3 Å². The highest BCUT2D eigenvalue weighted by Crippen LogP contribution is 2.19. The first-order valence-electron chi connectivity index (χ1n) is 7.55. The van der Waals surface area contributed by atoms with Gasteiger partial charge < -0.3 is 19.4 Å². The number of nitrogens with zero attached hydrogens (tertiary/aromatic N) is 3. The first-order chi connectivity index (χ1) is 11.0. The van der Waals surface area contributed by atoms with E-state index in [1.54, 1.807) is 6.26 Å². The molecule has 0 aliphatic carbocycles. The zero-order chi connectivity index (χ0) is 16.4. The minimum Gasteiger partial charge on any atom is -0.471 e. The first-order valence-corrected chi connectivity index (χ1v) is 8.32. The Morgan fingerprint density at radius 2 is 2.30 bits per heavy atom. The number of rotatable bonds is 4. The summed E-state index contributed by atoms with van der Waals surface area (Å²) in [5.41, 5.74) is 1.47. The number of morpholine rings is 1. The van der Waals surface area contributed by atoms with Crippen molar-refractivity contribution in [3.63, 3.8) is 0 Å². The van der Waals surface area contributed by atoms with Crippen LogP contribution in [0.4, 0.5) is 5.13 Å². The van der Waals surface area contributed by atoms with Crippen molar-refractivity contribution in [1.29, 1.82) is 0 Å². The number of ether oxygens (including phenoxy) is 1. The van der Waals surface area contributed by atoms with Crippen molar-refractivity contribution in [1.82, 2.24) is 14.3 Å². The van der Waals surface area contributed by atoms with E-state index < -0.39 is 0 Å². The van der Waals surface area contributed by atoms with Crippen LogP contribution in [0.25, 0.3) is 0 Å². The van der Waals surface area contributed by atoms with Crippen molar-refractivity contribution < 1.29 is 13.9 Å². The number of hydrogen-bond acceptors (Lipinski definition) is 7. The van der Waals surface area contributed by atoms with Crippen molar-refractivity contribution in [2.24, 2.45) is 0 Å². The van der Waals surface area contributed by atoms with Crippen LogP contribution in [0.5, 0.6) is 0 Å². The predicted molar refractivity (Wildman–Crippen MR) is 86.8 cm³/mol. The number of carbonyl (C=O) groups is 1. The molecule has 2 aromatic heterocycles. The normalized spacial score (nSPS) is 19.6. The van der Waals surface area contributed by atoms with Gasteiger partial charge >= 0.3 is 0 Å². The SMILES string of the molecule is Cc1nsc(NC(C)C2CN(C(=O)c3cocc3C)CCO2)n1. The molecule has 1 aliphatic rings. The molecule has 1 aliphatic heterocycles. The summed E-state index contributed by atoms with van der Waals surface area (Å²) >= 11 is 1.33. The average Bonchev–Trinajstić information content (AvgIpc) is 3.15. The molecule has 3 rings (SSSR count). The van der Waals surface area contributed by atoms with Crippen LogP contribution in [0.3, 0.4) is 0 Å². The van der Waals surface area contributed by atoms with E-state index in [1.165, 1.54) is 17.8 Å². The van der Waals surface area contributed by atoms with Gasteiger partial charge in [0, 0.05) is 24.6 Å². The molecular formula is C15H20N4O3S. The van der Waals surface area contributed by atoms with Gasteiger partial charge in [-0.25, -0.2) is 4.98 Å². The minimum absolute atomic E-state index is 0.0106. The Morgan fingerprint density at radius 3 is 2.96 bits per heavy atom. The Bertz CT molecular complexity index is 684. The average molecular weight is 336 g/mol. The van der Waals surface area contributed by atoms with Crippen molar-refractivity contribution >= 4 is 22.6 Å². The molecule has 1 fully saturated rings. The van der Waals surface area contributed by atoms with Gasteiger partial charge in [-0.15, -0.1) is 0 Å². The van der Waals surface area contributed by atoms with E-state index in [0.29, 0.717) is 25.3 Å². The highest BCUT2D eigenvalue weighted by Gasteiger charge is 2.30. The Kier molecular flexibility index (Phi) is 4.63. The van der Waals surface area contributed by atoms with Crippen LogP contribution in [0.15, 0.2) is 16.9 Å². The van der Waals surface area contributed by atoms with Crippen LogP contribution < -0.4 is 5.32 Å². The molecule has 124 valence electrons. The lowest BCUT2D eigenvalue weighted by molar-refractivity contribution is -0.0272. The lowest BCUT2D eigenvalue weighted by Gasteiger charge is -2.36. The van der Waals surface area contributed by atoms with Crippen LogP contribution in [0.1, 0.15) is 28.7 Å². The number of amides is 1. The predicted octanol–water partition coefficient (Wildman–Crippen LogP) is 2.09. The van der Waals surface area contributed by atoms with E-state index in [2.05, 4.69) is 14.7 Å². The molecular weight excluding hydrogens is 316 g/mol. The molecule has 1 N–H and O–H groups in total.